The van der Waals surface area contributed by atoms with E-state index in [1.807, 2.05) is 0 Å². The minimum absolute atomic E-state index is 0.0194. The summed E-state index contributed by atoms with van der Waals surface area (Å²) in [5.74, 6) is -1.69. The molecule has 41 heavy (non-hydrogen) atoms. The number of aromatic nitrogens is 3. The third kappa shape index (κ3) is 6.05. The molecule has 206 valence electrons. The number of halogens is 2. The van der Waals surface area contributed by atoms with Crippen molar-refractivity contribution in [3.8, 4) is 23.2 Å². The molecule has 0 saturated heterocycles. The molecule has 5 rings (SSSR count). The lowest BCUT2D eigenvalue weighted by atomic mass is 10.0. The van der Waals surface area contributed by atoms with Gasteiger partial charge in [-0.05, 0) is 59.7 Å². The van der Waals surface area contributed by atoms with Crippen molar-refractivity contribution in [2.45, 2.75) is 19.6 Å². The second kappa shape index (κ2) is 11.9. The van der Waals surface area contributed by atoms with E-state index >= 15 is 8.78 Å². The van der Waals surface area contributed by atoms with Gasteiger partial charge in [-0.1, -0.05) is 18.2 Å². The van der Waals surface area contributed by atoms with Crippen LogP contribution in [-0.2, 0) is 24.3 Å². The lowest BCUT2D eigenvalue weighted by Crippen LogP contribution is -2.10. The summed E-state index contributed by atoms with van der Waals surface area (Å²) in [6, 6.07) is 20.6. The Morgan fingerprint density at radius 3 is 2.56 bits per heavy atom. The van der Waals surface area contributed by atoms with Gasteiger partial charge in [-0.3, -0.25) is 0 Å². The highest BCUT2D eigenvalue weighted by atomic mass is 19.1. The number of methoxy groups -OCH3 is 1. The number of carboxylic acid groups (broad SMARTS) is 1. The van der Waals surface area contributed by atoms with E-state index in [0.29, 0.717) is 35.6 Å². The largest absolute Gasteiger partial charge is 0.478 e. The third-order valence-corrected chi connectivity index (χ3v) is 6.55. The first-order valence-electron chi connectivity index (χ1n) is 12.6. The third-order valence-electron chi connectivity index (χ3n) is 6.55. The number of carboxylic acids is 1. The van der Waals surface area contributed by atoms with Crippen molar-refractivity contribution in [3.63, 3.8) is 0 Å². The highest BCUT2D eigenvalue weighted by Gasteiger charge is 2.18. The Hall–Kier alpha value is -5.14. The maximum Gasteiger partial charge on any atom is 0.335 e. The van der Waals surface area contributed by atoms with E-state index in [1.54, 1.807) is 53.1 Å². The van der Waals surface area contributed by atoms with Crippen molar-refractivity contribution in [1.29, 1.82) is 5.26 Å². The van der Waals surface area contributed by atoms with E-state index in [9.17, 15) is 9.90 Å². The van der Waals surface area contributed by atoms with Gasteiger partial charge in [-0.2, -0.15) is 5.26 Å². The summed E-state index contributed by atoms with van der Waals surface area (Å²) in [4.78, 5) is 20.4. The Morgan fingerprint density at radius 2 is 1.83 bits per heavy atom. The fourth-order valence-electron chi connectivity index (χ4n) is 4.44. The van der Waals surface area contributed by atoms with Crippen LogP contribution in [0.5, 0.6) is 5.88 Å². The molecular weight excluding hydrogens is 530 g/mol. The number of imidazole rings is 1. The van der Waals surface area contributed by atoms with Gasteiger partial charge in [0.15, 0.2) is 0 Å². The molecule has 0 aliphatic heterocycles. The van der Waals surface area contributed by atoms with Crippen molar-refractivity contribution >= 4 is 17.0 Å². The van der Waals surface area contributed by atoms with Crippen LogP contribution < -0.4 is 4.74 Å². The maximum atomic E-state index is 15.4. The van der Waals surface area contributed by atoms with Crippen molar-refractivity contribution in [2.75, 3.05) is 13.7 Å². The lowest BCUT2D eigenvalue weighted by molar-refractivity contribution is 0.0697. The summed E-state index contributed by atoms with van der Waals surface area (Å²) >= 11 is 0. The van der Waals surface area contributed by atoms with E-state index in [4.69, 9.17) is 14.7 Å². The zero-order valence-electron chi connectivity index (χ0n) is 22.0. The minimum Gasteiger partial charge on any atom is -0.478 e. The van der Waals surface area contributed by atoms with Crippen LogP contribution in [0.4, 0.5) is 8.78 Å². The Balaban J connectivity index is 1.40. The fourth-order valence-corrected chi connectivity index (χ4v) is 4.44. The number of nitriles is 1. The number of benzene rings is 3. The van der Waals surface area contributed by atoms with E-state index in [0.717, 1.165) is 17.7 Å². The molecule has 0 radical (unpaired) electrons. The second-order valence-corrected chi connectivity index (χ2v) is 9.24. The maximum absolute atomic E-state index is 15.4. The summed E-state index contributed by atoms with van der Waals surface area (Å²) in [6.45, 7) is 0.865. The van der Waals surface area contributed by atoms with Crippen LogP contribution in [0.3, 0.4) is 0 Å². The molecule has 3 aromatic carbocycles. The van der Waals surface area contributed by atoms with E-state index in [1.165, 1.54) is 19.2 Å². The monoisotopic (exact) mass is 554 g/mol. The second-order valence-electron chi connectivity index (χ2n) is 9.24. The number of fused-ring (bicyclic) bond motifs is 1. The molecule has 10 heteroatoms. The topological polar surface area (TPSA) is 110 Å². The van der Waals surface area contributed by atoms with Gasteiger partial charge in [0.05, 0.1) is 40.5 Å². The predicted molar refractivity (Wildman–Crippen MR) is 146 cm³/mol. The summed E-state index contributed by atoms with van der Waals surface area (Å²) in [5, 5.41) is 18.3. The molecule has 0 saturated carbocycles. The molecule has 1 N–H and O–H groups in total. The van der Waals surface area contributed by atoms with E-state index < -0.39 is 17.6 Å². The van der Waals surface area contributed by atoms with E-state index in [-0.39, 0.29) is 41.3 Å². The Morgan fingerprint density at radius 1 is 1.02 bits per heavy atom. The quantitative estimate of drug-likeness (QED) is 0.234. The van der Waals surface area contributed by atoms with Gasteiger partial charge in [0.25, 0.3) is 0 Å². The van der Waals surface area contributed by atoms with Crippen LogP contribution in [0.1, 0.15) is 32.9 Å². The summed E-state index contributed by atoms with van der Waals surface area (Å²) in [5.41, 5.74) is 2.85. The average molecular weight is 555 g/mol. The van der Waals surface area contributed by atoms with Gasteiger partial charge >= 0.3 is 5.97 Å². The number of carbonyl (C=O) groups is 1. The van der Waals surface area contributed by atoms with Gasteiger partial charge in [-0.25, -0.2) is 23.5 Å². The number of aromatic carboxylic acids is 1. The molecule has 0 unspecified atom stereocenters. The van der Waals surface area contributed by atoms with Crippen molar-refractivity contribution in [1.82, 2.24) is 14.5 Å². The molecular formula is C31H24F2N4O4. The highest BCUT2D eigenvalue weighted by molar-refractivity contribution is 5.92. The normalized spacial score (nSPS) is 11.0. The molecule has 0 bridgehead atoms. The number of nitrogens with zero attached hydrogens (tertiary/aromatic N) is 4. The van der Waals surface area contributed by atoms with Crippen molar-refractivity contribution in [2.24, 2.45) is 0 Å². The van der Waals surface area contributed by atoms with Gasteiger partial charge in [0.2, 0.25) is 5.88 Å². The zero-order chi connectivity index (χ0) is 28.9. The Kier molecular flexibility index (Phi) is 7.99. The van der Waals surface area contributed by atoms with Gasteiger partial charge in [-0.15, -0.1) is 0 Å². The minimum atomic E-state index is -1.08. The molecule has 5 aromatic rings. The number of hydrogen-bond donors (Lipinski definition) is 1. The van der Waals surface area contributed by atoms with Crippen LogP contribution >= 0.6 is 0 Å². The molecule has 8 nitrogen and oxygen atoms in total. The van der Waals surface area contributed by atoms with Crippen LogP contribution in [0, 0.1) is 23.0 Å². The molecule has 0 aliphatic carbocycles. The molecule has 0 spiro atoms. The van der Waals surface area contributed by atoms with Crippen molar-refractivity contribution in [3.05, 3.63) is 113 Å². The Labute approximate surface area is 234 Å². The number of pyridine rings is 1. The van der Waals surface area contributed by atoms with Gasteiger partial charge in [0, 0.05) is 31.7 Å². The van der Waals surface area contributed by atoms with Crippen LogP contribution in [0.25, 0.3) is 22.3 Å². The first-order valence-corrected chi connectivity index (χ1v) is 12.6. The number of hydrogen-bond acceptors (Lipinski definition) is 6. The first-order chi connectivity index (χ1) is 19.9. The predicted octanol–water partition coefficient (Wildman–Crippen LogP) is 5.76. The summed E-state index contributed by atoms with van der Waals surface area (Å²) in [7, 11) is 1.54. The first kappa shape index (κ1) is 27.4. The molecule has 0 fully saturated rings. The molecule has 0 aliphatic rings. The lowest BCUT2D eigenvalue weighted by Gasteiger charge is -2.12. The molecule has 0 amide bonds. The molecule has 2 heterocycles. The van der Waals surface area contributed by atoms with Crippen LogP contribution in [0.2, 0.25) is 0 Å². The molecule has 2 aromatic heterocycles. The average Bonchev–Trinajstić information content (AvgIpc) is 3.33. The van der Waals surface area contributed by atoms with Gasteiger partial charge < -0.3 is 19.1 Å². The van der Waals surface area contributed by atoms with Gasteiger partial charge in [0.1, 0.15) is 24.1 Å². The SMILES string of the molecule is COCCn1c(Cc2cc(F)c(-c3cccc(OCc4ccc(C#N)cc4)n3)cc2F)nc2ccc(C(=O)O)cc21. The Bertz CT molecular complexity index is 1780. The molecule has 0 atom stereocenters. The zero-order valence-corrected chi connectivity index (χ0v) is 22.0. The highest BCUT2D eigenvalue weighted by Crippen LogP contribution is 2.28. The smallest absolute Gasteiger partial charge is 0.335 e. The summed E-state index contributed by atoms with van der Waals surface area (Å²) < 4.78 is 43.4. The standard InChI is InChI=1S/C31H24F2N4O4/c1-40-12-11-37-28-14-21(31(38)39)9-10-27(28)35-29(37)15-22-13-25(33)23(16-24(22)32)26-3-2-4-30(36-26)41-18-20-7-5-19(17-34)6-8-20/h2-10,13-14,16H,11-12,15,18H2,1H3,(H,38,39). The van der Waals surface area contributed by atoms with E-state index in [2.05, 4.69) is 16.0 Å². The number of rotatable bonds is 10. The summed E-state index contributed by atoms with van der Waals surface area (Å²) in [6.07, 6.45) is -0.0228. The van der Waals surface area contributed by atoms with Crippen LogP contribution in [-0.4, -0.2) is 39.3 Å². The number of ether oxygens (including phenoxy) is 2. The fraction of sp³-hybridized carbons (Fsp3) is 0.161. The van der Waals surface area contributed by atoms with Crippen molar-refractivity contribution < 1.29 is 28.2 Å². The van der Waals surface area contributed by atoms with Crippen LogP contribution in [0.15, 0.2) is 72.8 Å².